The average Bonchev–Trinajstić information content (AvgIpc) is 3.35. The van der Waals surface area contributed by atoms with Gasteiger partial charge in [0.05, 0.1) is 17.2 Å². The molecule has 5 rings (SSSR count). The van der Waals surface area contributed by atoms with Crippen LogP contribution in [0.4, 0.5) is 0 Å². The molecule has 2 aliphatic heterocycles. The maximum Gasteiger partial charge on any atom is 0.283 e. The van der Waals surface area contributed by atoms with E-state index < -0.39 is 5.91 Å². The maximum absolute atomic E-state index is 12.9. The van der Waals surface area contributed by atoms with Gasteiger partial charge in [0.25, 0.3) is 5.91 Å². The van der Waals surface area contributed by atoms with E-state index in [-0.39, 0.29) is 18.0 Å². The minimum atomic E-state index is -0.511. The van der Waals surface area contributed by atoms with Crippen molar-refractivity contribution in [3.63, 3.8) is 0 Å². The summed E-state index contributed by atoms with van der Waals surface area (Å²) in [5.41, 5.74) is 3.93. The van der Waals surface area contributed by atoms with Gasteiger partial charge in [0.2, 0.25) is 5.17 Å². The van der Waals surface area contributed by atoms with Crippen LogP contribution < -0.4 is 14.2 Å². The zero-order chi connectivity index (χ0) is 28.9. The second kappa shape index (κ2) is 12.6. The first kappa shape index (κ1) is 28.4. The number of thioether (sulfide) groups is 1. The molecule has 0 unspecified atom stereocenters. The SMILES string of the molecule is CCOc1cc(C=C2C(=N)N3N=C(Cc4ccccc4)SC3=NC2=O)cc(Cl)c1OCCOc1cc(C)ccc1C. The number of aliphatic imine (C=N–C) groups is 1. The third kappa shape index (κ3) is 6.64. The van der Waals surface area contributed by atoms with E-state index in [0.717, 1.165) is 27.5 Å². The van der Waals surface area contributed by atoms with E-state index in [1.165, 1.54) is 16.8 Å². The summed E-state index contributed by atoms with van der Waals surface area (Å²) in [6.45, 7) is 6.84. The molecule has 3 aromatic rings. The highest BCUT2D eigenvalue weighted by Crippen LogP contribution is 2.38. The summed E-state index contributed by atoms with van der Waals surface area (Å²) in [6.07, 6.45) is 2.16. The number of nitrogens with zero attached hydrogens (tertiary/aromatic N) is 3. The van der Waals surface area contributed by atoms with Gasteiger partial charge in [-0.25, -0.2) is 0 Å². The number of ether oxygens (including phenoxy) is 3. The van der Waals surface area contributed by atoms with Crippen molar-refractivity contribution in [3.05, 3.63) is 93.5 Å². The van der Waals surface area contributed by atoms with Gasteiger partial charge in [-0.2, -0.15) is 15.1 Å². The van der Waals surface area contributed by atoms with E-state index in [0.29, 0.717) is 46.9 Å². The van der Waals surface area contributed by atoms with Crippen molar-refractivity contribution in [2.24, 2.45) is 10.1 Å². The van der Waals surface area contributed by atoms with Crippen molar-refractivity contribution in [1.82, 2.24) is 5.01 Å². The lowest BCUT2D eigenvalue weighted by Crippen LogP contribution is -2.35. The van der Waals surface area contributed by atoms with Gasteiger partial charge in [-0.1, -0.05) is 54.1 Å². The number of halogens is 1. The lowest BCUT2D eigenvalue weighted by Gasteiger charge is -2.20. The number of hydrogen-bond acceptors (Lipinski definition) is 7. The summed E-state index contributed by atoms with van der Waals surface area (Å²) in [7, 11) is 0. The number of rotatable bonds is 10. The summed E-state index contributed by atoms with van der Waals surface area (Å²) in [5, 5.41) is 16.1. The molecule has 8 nitrogen and oxygen atoms in total. The molecule has 1 amide bonds. The molecule has 0 saturated carbocycles. The first-order valence-electron chi connectivity index (χ1n) is 13.1. The summed E-state index contributed by atoms with van der Waals surface area (Å²) in [6, 6.07) is 19.3. The van der Waals surface area contributed by atoms with Crippen LogP contribution in [-0.4, -0.2) is 46.8 Å². The lowest BCUT2D eigenvalue weighted by molar-refractivity contribution is -0.114. The highest BCUT2D eigenvalue weighted by Gasteiger charge is 2.35. The van der Waals surface area contributed by atoms with Crippen LogP contribution in [-0.2, 0) is 11.2 Å². The molecule has 1 N–H and O–H groups in total. The van der Waals surface area contributed by atoms with E-state index in [2.05, 4.69) is 10.1 Å². The Bertz CT molecular complexity index is 1590. The van der Waals surface area contributed by atoms with Crippen LogP contribution in [0, 0.1) is 19.3 Å². The first-order chi connectivity index (χ1) is 19.8. The van der Waals surface area contributed by atoms with Gasteiger partial charge in [0.15, 0.2) is 17.3 Å². The van der Waals surface area contributed by atoms with Crippen molar-refractivity contribution in [2.75, 3.05) is 19.8 Å². The normalized spacial score (nSPS) is 15.5. The van der Waals surface area contributed by atoms with E-state index in [1.54, 1.807) is 18.2 Å². The fraction of sp³-hybridized carbons (Fsp3) is 0.226. The minimum Gasteiger partial charge on any atom is -0.490 e. The number of carbonyl (C=O) groups excluding carboxylic acids is 1. The first-order valence-corrected chi connectivity index (χ1v) is 14.3. The molecule has 0 bridgehead atoms. The van der Waals surface area contributed by atoms with E-state index in [4.69, 9.17) is 31.2 Å². The van der Waals surface area contributed by atoms with E-state index in [9.17, 15) is 4.79 Å². The molecule has 2 aliphatic rings. The number of amidine groups is 2. The predicted octanol–water partition coefficient (Wildman–Crippen LogP) is 6.68. The van der Waals surface area contributed by atoms with Crippen LogP contribution in [0.1, 0.15) is 29.2 Å². The van der Waals surface area contributed by atoms with Crippen LogP contribution in [0.5, 0.6) is 17.2 Å². The van der Waals surface area contributed by atoms with Gasteiger partial charge in [0.1, 0.15) is 24.0 Å². The molecule has 41 heavy (non-hydrogen) atoms. The van der Waals surface area contributed by atoms with Crippen molar-refractivity contribution in [3.8, 4) is 17.2 Å². The number of hydrazone groups is 1. The number of benzene rings is 3. The molecule has 0 fully saturated rings. The Labute approximate surface area is 248 Å². The minimum absolute atomic E-state index is 0.0476. The molecule has 10 heteroatoms. The fourth-order valence-electron chi connectivity index (χ4n) is 4.27. The number of aryl methyl sites for hydroxylation is 2. The van der Waals surface area contributed by atoms with E-state index >= 15 is 0 Å². The lowest BCUT2D eigenvalue weighted by atomic mass is 10.1. The highest BCUT2D eigenvalue weighted by molar-refractivity contribution is 8.26. The number of nitrogens with one attached hydrogen (secondary N) is 1. The molecule has 0 radical (unpaired) electrons. The van der Waals surface area contributed by atoms with Gasteiger partial charge >= 0.3 is 0 Å². The van der Waals surface area contributed by atoms with Crippen molar-refractivity contribution in [1.29, 1.82) is 5.41 Å². The third-order valence-corrected chi connectivity index (χ3v) is 7.46. The molecule has 0 atom stereocenters. The standard InChI is InChI=1S/C31H29ClN4O4S/c1-4-38-26-17-22(16-24(32)28(26)40-13-12-39-25-14-19(2)10-11-20(25)3)15-23-29(33)36-31(34-30(23)37)41-27(35-36)18-21-8-6-5-7-9-21/h5-11,14-17,33H,4,12-13,18H2,1-3H3. The molecule has 0 aromatic heterocycles. The Hall–Kier alpha value is -4.08. The summed E-state index contributed by atoms with van der Waals surface area (Å²) < 4.78 is 17.7. The number of fused-ring (bicyclic) bond motifs is 1. The van der Waals surface area contributed by atoms with Gasteiger partial charge in [-0.15, -0.1) is 0 Å². The smallest absolute Gasteiger partial charge is 0.283 e. The van der Waals surface area contributed by atoms with Crippen LogP contribution in [0.3, 0.4) is 0 Å². The van der Waals surface area contributed by atoms with Gasteiger partial charge in [-0.3, -0.25) is 10.2 Å². The Morgan fingerprint density at radius 2 is 1.78 bits per heavy atom. The quantitative estimate of drug-likeness (QED) is 0.210. The van der Waals surface area contributed by atoms with Gasteiger partial charge < -0.3 is 14.2 Å². The Kier molecular flexibility index (Phi) is 8.75. The number of amides is 1. The van der Waals surface area contributed by atoms with Crippen molar-refractivity contribution >= 4 is 51.4 Å². The zero-order valence-corrected chi connectivity index (χ0v) is 24.5. The monoisotopic (exact) mass is 588 g/mol. The molecular weight excluding hydrogens is 560 g/mol. The molecule has 3 aromatic carbocycles. The zero-order valence-electron chi connectivity index (χ0n) is 22.9. The number of hydrogen-bond donors (Lipinski definition) is 1. The average molecular weight is 589 g/mol. The summed E-state index contributed by atoms with van der Waals surface area (Å²) >= 11 is 7.91. The summed E-state index contributed by atoms with van der Waals surface area (Å²) in [4.78, 5) is 17.1. The van der Waals surface area contributed by atoms with Gasteiger partial charge in [0, 0.05) is 6.42 Å². The Balaban J connectivity index is 1.31. The molecular formula is C31H29ClN4O4S. The second-order valence-electron chi connectivity index (χ2n) is 9.41. The molecule has 0 spiro atoms. The van der Waals surface area contributed by atoms with Crippen LogP contribution in [0.2, 0.25) is 5.02 Å². The van der Waals surface area contributed by atoms with Crippen LogP contribution in [0.25, 0.3) is 6.08 Å². The molecule has 210 valence electrons. The summed E-state index contributed by atoms with van der Waals surface area (Å²) in [5.74, 6) is 1.07. The van der Waals surface area contributed by atoms with Gasteiger partial charge in [-0.05, 0) is 79.1 Å². The Morgan fingerprint density at radius 3 is 2.56 bits per heavy atom. The third-order valence-electron chi connectivity index (χ3n) is 6.27. The second-order valence-corrected chi connectivity index (χ2v) is 10.9. The molecule has 2 heterocycles. The van der Waals surface area contributed by atoms with Crippen LogP contribution in [0.15, 0.2) is 76.3 Å². The van der Waals surface area contributed by atoms with Crippen molar-refractivity contribution in [2.45, 2.75) is 27.2 Å². The Morgan fingerprint density at radius 1 is 1.00 bits per heavy atom. The maximum atomic E-state index is 12.9. The number of carbonyl (C=O) groups is 1. The highest BCUT2D eigenvalue weighted by atomic mass is 35.5. The van der Waals surface area contributed by atoms with E-state index in [1.807, 2.05) is 69.3 Å². The predicted molar refractivity (Wildman–Crippen MR) is 165 cm³/mol. The van der Waals surface area contributed by atoms with Crippen LogP contribution >= 0.6 is 23.4 Å². The fourth-order valence-corrected chi connectivity index (χ4v) is 5.47. The molecule has 0 saturated heterocycles. The van der Waals surface area contributed by atoms with Crippen molar-refractivity contribution < 1.29 is 19.0 Å². The molecule has 0 aliphatic carbocycles. The largest absolute Gasteiger partial charge is 0.490 e. The topological polar surface area (TPSA) is 96.6 Å².